The molecule has 1 amide bonds. The van der Waals surface area contributed by atoms with E-state index in [1.807, 2.05) is 55.4 Å². The molecule has 2 rings (SSSR count). The summed E-state index contributed by atoms with van der Waals surface area (Å²) >= 11 is 0. The molecule has 0 bridgehead atoms. The fourth-order valence-electron chi connectivity index (χ4n) is 2.34. The van der Waals surface area contributed by atoms with E-state index in [4.69, 9.17) is 0 Å². The van der Waals surface area contributed by atoms with Crippen molar-refractivity contribution in [3.05, 3.63) is 59.4 Å². The average Bonchev–Trinajstić information content (AvgIpc) is 2.88. The molecular weight excluding hydrogens is 260 g/mol. The van der Waals surface area contributed by atoms with Crippen molar-refractivity contribution in [3.8, 4) is 0 Å². The van der Waals surface area contributed by atoms with E-state index >= 15 is 0 Å². The minimum atomic E-state index is 0.115. The summed E-state index contributed by atoms with van der Waals surface area (Å²) in [5.41, 5.74) is 3.10. The van der Waals surface area contributed by atoms with Crippen molar-refractivity contribution >= 4 is 5.91 Å². The highest BCUT2D eigenvalue weighted by Gasteiger charge is 2.16. The maximum Gasteiger partial charge on any atom is 0.254 e. The van der Waals surface area contributed by atoms with Gasteiger partial charge in [0.15, 0.2) is 0 Å². The normalized spacial score (nSPS) is 10.6. The van der Waals surface area contributed by atoms with E-state index in [9.17, 15) is 4.79 Å². The molecule has 0 aliphatic rings. The Morgan fingerprint density at radius 3 is 2.48 bits per heavy atom. The Bertz CT molecular complexity index is 584. The van der Waals surface area contributed by atoms with Gasteiger partial charge in [-0.1, -0.05) is 31.0 Å². The minimum Gasteiger partial charge on any atom is -0.353 e. The molecule has 0 fully saturated rings. The summed E-state index contributed by atoms with van der Waals surface area (Å²) in [6.07, 6.45) is 4.14. The maximum atomic E-state index is 12.7. The zero-order valence-electron chi connectivity index (χ0n) is 13.2. The summed E-state index contributed by atoms with van der Waals surface area (Å²) in [4.78, 5) is 14.7. The lowest BCUT2D eigenvalue weighted by Crippen LogP contribution is -2.32. The lowest BCUT2D eigenvalue weighted by molar-refractivity contribution is 0.0737. The Kier molecular flexibility index (Phi) is 5.20. The molecule has 1 aromatic carbocycles. The van der Waals surface area contributed by atoms with E-state index in [1.54, 1.807) is 0 Å². The van der Waals surface area contributed by atoms with Crippen molar-refractivity contribution < 1.29 is 4.79 Å². The number of benzene rings is 1. The highest BCUT2D eigenvalue weighted by atomic mass is 16.2. The van der Waals surface area contributed by atoms with Crippen LogP contribution in [0.25, 0.3) is 0 Å². The van der Waals surface area contributed by atoms with Crippen LogP contribution in [0.1, 0.15) is 41.4 Å². The van der Waals surface area contributed by atoms with Crippen LogP contribution in [0.2, 0.25) is 0 Å². The van der Waals surface area contributed by atoms with Crippen molar-refractivity contribution in [2.75, 3.05) is 6.54 Å². The molecule has 112 valence electrons. The van der Waals surface area contributed by atoms with Crippen LogP contribution < -0.4 is 0 Å². The van der Waals surface area contributed by atoms with Gasteiger partial charge in [-0.2, -0.15) is 0 Å². The summed E-state index contributed by atoms with van der Waals surface area (Å²) in [7, 11) is 2.02. The molecule has 0 atom stereocenters. The third-order valence-electron chi connectivity index (χ3n) is 3.77. The molecule has 1 heterocycles. The Hall–Kier alpha value is -2.03. The van der Waals surface area contributed by atoms with Gasteiger partial charge in [0.2, 0.25) is 0 Å². The number of amides is 1. The second-order valence-electron chi connectivity index (χ2n) is 5.56. The van der Waals surface area contributed by atoms with Crippen molar-refractivity contribution in [1.29, 1.82) is 0 Å². The molecule has 0 aliphatic heterocycles. The van der Waals surface area contributed by atoms with Gasteiger partial charge in [-0.25, -0.2) is 0 Å². The number of unbranched alkanes of at least 4 members (excludes halogenated alkanes) is 1. The second kappa shape index (κ2) is 7.11. The Balaban J connectivity index is 2.16. The molecular formula is C18H24N2O. The fourth-order valence-corrected chi connectivity index (χ4v) is 2.34. The van der Waals surface area contributed by atoms with Crippen molar-refractivity contribution in [1.82, 2.24) is 9.47 Å². The molecule has 0 saturated carbocycles. The van der Waals surface area contributed by atoms with Crippen LogP contribution in [-0.2, 0) is 13.6 Å². The zero-order valence-corrected chi connectivity index (χ0v) is 13.2. The second-order valence-corrected chi connectivity index (χ2v) is 5.56. The van der Waals surface area contributed by atoms with E-state index in [-0.39, 0.29) is 5.91 Å². The lowest BCUT2D eigenvalue weighted by Gasteiger charge is -2.23. The zero-order chi connectivity index (χ0) is 15.2. The third kappa shape index (κ3) is 3.97. The van der Waals surface area contributed by atoms with Crippen molar-refractivity contribution in [2.45, 2.75) is 33.2 Å². The molecule has 0 N–H and O–H groups in total. The lowest BCUT2D eigenvalue weighted by atomic mass is 10.1. The quantitative estimate of drug-likeness (QED) is 0.792. The smallest absolute Gasteiger partial charge is 0.254 e. The molecule has 1 aromatic heterocycles. The van der Waals surface area contributed by atoms with Gasteiger partial charge in [-0.3, -0.25) is 4.79 Å². The van der Waals surface area contributed by atoms with E-state index in [2.05, 4.69) is 17.6 Å². The number of aryl methyl sites for hydroxylation is 2. The molecule has 21 heavy (non-hydrogen) atoms. The Morgan fingerprint density at radius 1 is 1.19 bits per heavy atom. The monoisotopic (exact) mass is 284 g/mol. The largest absolute Gasteiger partial charge is 0.353 e. The minimum absolute atomic E-state index is 0.115. The predicted octanol–water partition coefficient (Wildman–Crippen LogP) is 3.78. The van der Waals surface area contributed by atoms with Crippen LogP contribution in [-0.4, -0.2) is 21.9 Å². The van der Waals surface area contributed by atoms with Gasteiger partial charge in [-0.15, -0.1) is 0 Å². The molecule has 0 saturated heterocycles. The van der Waals surface area contributed by atoms with E-state index in [0.29, 0.717) is 6.54 Å². The van der Waals surface area contributed by atoms with Gasteiger partial charge in [0.05, 0.1) is 6.54 Å². The summed E-state index contributed by atoms with van der Waals surface area (Å²) in [5, 5.41) is 0. The van der Waals surface area contributed by atoms with Gasteiger partial charge in [-0.05, 0) is 37.6 Å². The van der Waals surface area contributed by atoms with Gasteiger partial charge in [0.1, 0.15) is 0 Å². The van der Waals surface area contributed by atoms with Crippen LogP contribution in [0.15, 0.2) is 42.6 Å². The van der Waals surface area contributed by atoms with Gasteiger partial charge < -0.3 is 9.47 Å². The molecule has 0 unspecified atom stereocenters. The van der Waals surface area contributed by atoms with Gasteiger partial charge in [0, 0.05) is 31.0 Å². The summed E-state index contributed by atoms with van der Waals surface area (Å²) in [6.45, 7) is 5.65. The summed E-state index contributed by atoms with van der Waals surface area (Å²) in [5.74, 6) is 0.115. The van der Waals surface area contributed by atoms with E-state index < -0.39 is 0 Å². The topological polar surface area (TPSA) is 25.2 Å². The summed E-state index contributed by atoms with van der Waals surface area (Å²) < 4.78 is 2.07. The highest BCUT2D eigenvalue weighted by Crippen LogP contribution is 2.12. The van der Waals surface area contributed by atoms with Gasteiger partial charge >= 0.3 is 0 Å². The molecule has 3 heteroatoms. The van der Waals surface area contributed by atoms with Crippen LogP contribution in [0.3, 0.4) is 0 Å². The first-order valence-corrected chi connectivity index (χ1v) is 7.58. The number of hydrogen-bond donors (Lipinski definition) is 0. The highest BCUT2D eigenvalue weighted by molar-refractivity contribution is 5.94. The number of carbonyl (C=O) groups is 1. The Labute approximate surface area is 127 Å². The number of nitrogens with zero attached hydrogens (tertiary/aromatic N) is 2. The third-order valence-corrected chi connectivity index (χ3v) is 3.77. The molecule has 0 radical (unpaired) electrons. The molecule has 3 nitrogen and oxygen atoms in total. The Morgan fingerprint density at radius 2 is 1.90 bits per heavy atom. The first-order chi connectivity index (χ1) is 10.1. The average molecular weight is 284 g/mol. The SMILES string of the molecule is CCCCN(Cc1cccn1C)C(=O)c1ccc(C)cc1. The maximum absolute atomic E-state index is 12.7. The fraction of sp³-hybridized carbons (Fsp3) is 0.389. The van der Waals surface area contributed by atoms with Crippen LogP contribution in [0.4, 0.5) is 0 Å². The van der Waals surface area contributed by atoms with E-state index in [0.717, 1.165) is 30.6 Å². The van der Waals surface area contributed by atoms with E-state index in [1.165, 1.54) is 5.56 Å². The summed E-state index contributed by atoms with van der Waals surface area (Å²) in [6, 6.07) is 11.9. The first-order valence-electron chi connectivity index (χ1n) is 7.58. The molecule has 0 spiro atoms. The van der Waals surface area contributed by atoms with Crippen molar-refractivity contribution in [2.24, 2.45) is 7.05 Å². The number of carbonyl (C=O) groups excluding carboxylic acids is 1. The standard InChI is InChI=1S/C18H24N2O/c1-4-5-13-20(14-17-7-6-12-19(17)3)18(21)16-10-8-15(2)9-11-16/h6-12H,4-5,13-14H2,1-3H3. The molecule has 2 aromatic rings. The van der Waals surface area contributed by atoms with Gasteiger partial charge in [0.25, 0.3) is 5.91 Å². The first kappa shape index (κ1) is 15.4. The van der Waals surface area contributed by atoms with Crippen LogP contribution in [0, 0.1) is 6.92 Å². The number of aromatic nitrogens is 1. The van der Waals surface area contributed by atoms with Crippen molar-refractivity contribution in [3.63, 3.8) is 0 Å². The molecule has 0 aliphatic carbocycles. The van der Waals surface area contributed by atoms with Crippen LogP contribution >= 0.6 is 0 Å². The number of rotatable bonds is 6. The van der Waals surface area contributed by atoms with Crippen LogP contribution in [0.5, 0.6) is 0 Å². The predicted molar refractivity (Wildman–Crippen MR) is 86.2 cm³/mol. The number of hydrogen-bond acceptors (Lipinski definition) is 1.